The lowest BCUT2D eigenvalue weighted by atomic mass is 10.1. The minimum Gasteiger partial charge on any atom is -0.304 e. The molecule has 28 heavy (non-hydrogen) atoms. The summed E-state index contributed by atoms with van der Waals surface area (Å²) < 4.78 is 0.417. The number of carbonyl (C=O) groups excluding carboxylic acids is 2. The standard InChI is InChI=1S/C21H15ClN2O2S2/c1-2-11-23-16-10-6-4-8-14(16)17(19(23)25)18-20(26)24(21(27)28-18)12-13-7-3-5-9-15(13)22/h2-10H,1,11-12H2/b18-17-. The third-order valence-corrected chi connectivity index (χ3v) is 6.41. The maximum absolute atomic E-state index is 13.2. The fourth-order valence-electron chi connectivity index (χ4n) is 3.29. The number of hydrogen-bond acceptors (Lipinski definition) is 4. The van der Waals surface area contributed by atoms with Gasteiger partial charge in [-0.1, -0.05) is 78.1 Å². The van der Waals surface area contributed by atoms with Gasteiger partial charge in [0.05, 0.1) is 22.7 Å². The van der Waals surface area contributed by atoms with Crippen molar-refractivity contribution in [1.29, 1.82) is 0 Å². The predicted molar refractivity (Wildman–Crippen MR) is 118 cm³/mol. The Morgan fingerprint density at radius 2 is 1.75 bits per heavy atom. The van der Waals surface area contributed by atoms with E-state index in [0.29, 0.717) is 26.4 Å². The Labute approximate surface area is 177 Å². The number of hydrogen-bond donors (Lipinski definition) is 0. The van der Waals surface area contributed by atoms with Crippen LogP contribution < -0.4 is 4.90 Å². The summed E-state index contributed by atoms with van der Waals surface area (Å²) in [6, 6.07) is 14.8. The van der Waals surface area contributed by atoms with Crippen LogP contribution in [0.1, 0.15) is 11.1 Å². The van der Waals surface area contributed by atoms with E-state index in [1.54, 1.807) is 17.0 Å². The zero-order valence-corrected chi connectivity index (χ0v) is 17.1. The molecular weight excluding hydrogens is 412 g/mol. The summed E-state index contributed by atoms with van der Waals surface area (Å²) in [5.41, 5.74) is 2.72. The van der Waals surface area contributed by atoms with Crippen molar-refractivity contribution < 1.29 is 9.59 Å². The number of para-hydroxylation sites is 1. The lowest BCUT2D eigenvalue weighted by molar-refractivity contribution is -0.122. The van der Waals surface area contributed by atoms with Crippen molar-refractivity contribution in [3.8, 4) is 0 Å². The number of halogens is 1. The normalized spacial score (nSPS) is 18.8. The summed E-state index contributed by atoms with van der Waals surface area (Å²) in [4.78, 5) is 29.7. The van der Waals surface area contributed by atoms with Gasteiger partial charge in [-0.2, -0.15) is 0 Å². The van der Waals surface area contributed by atoms with Crippen molar-refractivity contribution in [3.05, 3.63) is 82.2 Å². The summed E-state index contributed by atoms with van der Waals surface area (Å²) in [6.45, 7) is 4.37. The zero-order valence-electron chi connectivity index (χ0n) is 14.7. The summed E-state index contributed by atoms with van der Waals surface area (Å²) in [5.74, 6) is -0.479. The quantitative estimate of drug-likeness (QED) is 0.405. The molecule has 0 bridgehead atoms. The van der Waals surface area contributed by atoms with Crippen LogP contribution in [-0.2, 0) is 16.1 Å². The third kappa shape index (κ3) is 3.07. The number of rotatable bonds is 4. The molecule has 4 nitrogen and oxygen atoms in total. The lowest BCUT2D eigenvalue weighted by Crippen LogP contribution is -2.29. The molecule has 0 atom stereocenters. The first kappa shape index (κ1) is 18.9. The van der Waals surface area contributed by atoms with Gasteiger partial charge in [0.2, 0.25) is 0 Å². The molecule has 0 spiro atoms. The van der Waals surface area contributed by atoms with Gasteiger partial charge >= 0.3 is 0 Å². The molecule has 0 saturated carbocycles. The van der Waals surface area contributed by atoms with Gasteiger partial charge in [-0.3, -0.25) is 14.5 Å². The van der Waals surface area contributed by atoms with Gasteiger partial charge in [-0.25, -0.2) is 0 Å². The number of thiocarbonyl (C=S) groups is 1. The van der Waals surface area contributed by atoms with E-state index in [9.17, 15) is 9.59 Å². The van der Waals surface area contributed by atoms with Crippen LogP contribution in [0.15, 0.2) is 66.1 Å². The molecule has 1 saturated heterocycles. The number of thioether (sulfide) groups is 1. The van der Waals surface area contributed by atoms with Crippen LogP contribution in [-0.4, -0.2) is 27.6 Å². The zero-order chi connectivity index (χ0) is 19.8. The van der Waals surface area contributed by atoms with Gasteiger partial charge in [0.1, 0.15) is 4.32 Å². The first-order chi connectivity index (χ1) is 13.5. The van der Waals surface area contributed by atoms with E-state index in [1.165, 1.54) is 4.90 Å². The van der Waals surface area contributed by atoms with Gasteiger partial charge < -0.3 is 4.90 Å². The van der Waals surface area contributed by atoms with E-state index in [0.717, 1.165) is 28.6 Å². The van der Waals surface area contributed by atoms with Crippen LogP contribution in [0.25, 0.3) is 5.57 Å². The topological polar surface area (TPSA) is 40.6 Å². The van der Waals surface area contributed by atoms with Gasteiger partial charge in [0.15, 0.2) is 0 Å². The molecule has 0 unspecified atom stereocenters. The second kappa shape index (κ2) is 7.54. The molecule has 2 heterocycles. The molecule has 1 fully saturated rings. The van der Waals surface area contributed by atoms with Crippen molar-refractivity contribution in [2.24, 2.45) is 0 Å². The number of nitrogens with zero attached hydrogens (tertiary/aromatic N) is 2. The van der Waals surface area contributed by atoms with Crippen molar-refractivity contribution >= 4 is 63.0 Å². The maximum atomic E-state index is 13.2. The molecule has 2 aliphatic rings. The maximum Gasteiger partial charge on any atom is 0.267 e. The van der Waals surface area contributed by atoms with Crippen LogP contribution in [0.2, 0.25) is 5.02 Å². The minimum absolute atomic E-state index is 0.209. The average molecular weight is 427 g/mol. The second-order valence-electron chi connectivity index (χ2n) is 6.28. The van der Waals surface area contributed by atoms with E-state index < -0.39 is 0 Å². The SMILES string of the molecule is C=CCN1C(=O)/C(=C2\SC(=S)N(Cc3ccccc3Cl)C2=O)c2ccccc21. The highest BCUT2D eigenvalue weighted by Gasteiger charge is 2.41. The summed E-state index contributed by atoms with van der Waals surface area (Å²) in [6.07, 6.45) is 1.67. The third-order valence-electron chi connectivity index (χ3n) is 4.60. The highest BCUT2D eigenvalue weighted by molar-refractivity contribution is 8.26. The van der Waals surface area contributed by atoms with Gasteiger partial charge in [-0.15, -0.1) is 6.58 Å². The minimum atomic E-state index is -0.270. The number of anilines is 1. The molecule has 0 radical (unpaired) electrons. The Hall–Kier alpha value is -2.41. The van der Waals surface area contributed by atoms with Crippen LogP contribution in [0.5, 0.6) is 0 Å². The molecule has 140 valence electrons. The Bertz CT molecular complexity index is 1060. The molecule has 0 aliphatic carbocycles. The predicted octanol–water partition coefficient (Wildman–Crippen LogP) is 4.64. The van der Waals surface area contributed by atoms with Crippen molar-refractivity contribution in [2.45, 2.75) is 6.54 Å². The van der Waals surface area contributed by atoms with Gasteiger partial charge in [0, 0.05) is 17.1 Å². The van der Waals surface area contributed by atoms with Crippen LogP contribution in [0.4, 0.5) is 5.69 Å². The van der Waals surface area contributed by atoms with E-state index in [4.69, 9.17) is 23.8 Å². The Kier molecular flexibility index (Phi) is 5.10. The van der Waals surface area contributed by atoms with Crippen LogP contribution >= 0.6 is 35.6 Å². The van der Waals surface area contributed by atoms with E-state index >= 15 is 0 Å². The van der Waals surface area contributed by atoms with Crippen molar-refractivity contribution in [2.75, 3.05) is 11.4 Å². The van der Waals surface area contributed by atoms with Crippen LogP contribution in [0, 0.1) is 0 Å². The first-order valence-electron chi connectivity index (χ1n) is 8.56. The average Bonchev–Trinajstić information content (AvgIpc) is 3.12. The van der Waals surface area contributed by atoms with Crippen molar-refractivity contribution in [1.82, 2.24) is 4.90 Å². The Morgan fingerprint density at radius 3 is 2.50 bits per heavy atom. The summed E-state index contributed by atoms with van der Waals surface area (Å²) >= 11 is 12.8. The first-order valence-corrected chi connectivity index (χ1v) is 10.2. The van der Waals surface area contributed by atoms with Gasteiger partial charge in [0.25, 0.3) is 11.8 Å². The largest absolute Gasteiger partial charge is 0.304 e. The number of benzene rings is 2. The molecule has 2 aromatic rings. The smallest absolute Gasteiger partial charge is 0.267 e. The molecule has 2 aromatic carbocycles. The molecule has 2 amide bonds. The fourth-order valence-corrected chi connectivity index (χ4v) is 4.81. The van der Waals surface area contributed by atoms with Crippen molar-refractivity contribution in [3.63, 3.8) is 0 Å². The number of fused-ring (bicyclic) bond motifs is 1. The van der Waals surface area contributed by atoms with Crippen LogP contribution in [0.3, 0.4) is 0 Å². The van der Waals surface area contributed by atoms with E-state index in [-0.39, 0.29) is 18.4 Å². The highest BCUT2D eigenvalue weighted by Crippen LogP contribution is 2.44. The highest BCUT2D eigenvalue weighted by atomic mass is 35.5. The molecule has 0 aromatic heterocycles. The summed E-state index contributed by atoms with van der Waals surface area (Å²) in [7, 11) is 0. The molecule has 0 N–H and O–H groups in total. The second-order valence-corrected chi connectivity index (χ2v) is 8.33. The molecule has 7 heteroatoms. The summed E-state index contributed by atoms with van der Waals surface area (Å²) in [5, 5.41) is 0.573. The Balaban J connectivity index is 1.75. The number of amides is 2. The van der Waals surface area contributed by atoms with E-state index in [2.05, 4.69) is 6.58 Å². The van der Waals surface area contributed by atoms with Gasteiger partial charge in [-0.05, 0) is 17.7 Å². The number of carbonyl (C=O) groups is 2. The molecular formula is C21H15ClN2O2S2. The lowest BCUT2D eigenvalue weighted by Gasteiger charge is -2.15. The Morgan fingerprint density at radius 1 is 1.04 bits per heavy atom. The molecule has 4 rings (SSSR count). The molecule has 2 aliphatic heterocycles. The monoisotopic (exact) mass is 426 g/mol. The fraction of sp³-hybridized carbons (Fsp3) is 0.0952. The van der Waals surface area contributed by atoms with E-state index in [1.807, 2.05) is 42.5 Å².